The highest BCUT2D eigenvalue weighted by molar-refractivity contribution is 5.85. The molecule has 0 bridgehead atoms. The number of carbonyl (C=O) groups is 2. The van der Waals surface area contributed by atoms with Crippen LogP contribution in [0.25, 0.3) is 0 Å². The van der Waals surface area contributed by atoms with Crippen molar-refractivity contribution < 1.29 is 19.1 Å². The molecule has 0 aromatic heterocycles. The Morgan fingerprint density at radius 1 is 1.11 bits per heavy atom. The van der Waals surface area contributed by atoms with Crippen molar-refractivity contribution in [3.63, 3.8) is 0 Å². The van der Waals surface area contributed by atoms with Crippen LogP contribution in [0.1, 0.15) is 54.4 Å². The lowest BCUT2D eigenvalue weighted by Gasteiger charge is -2.29. The van der Waals surface area contributed by atoms with Gasteiger partial charge in [0.15, 0.2) is 0 Å². The Kier molecular flexibility index (Phi) is 6.15. The van der Waals surface area contributed by atoms with Crippen molar-refractivity contribution in [3.8, 4) is 0 Å². The highest BCUT2D eigenvalue weighted by Gasteiger charge is 2.36. The number of hydrogen-bond acceptors (Lipinski definition) is 4. The van der Waals surface area contributed by atoms with Crippen molar-refractivity contribution in [2.24, 2.45) is 0 Å². The highest BCUT2D eigenvalue weighted by atomic mass is 16.6. The summed E-state index contributed by atoms with van der Waals surface area (Å²) in [6.07, 6.45) is 0.655. The molecule has 106 valence electrons. The fraction of sp³-hybridized carbons (Fsp3) is 0.846. The summed E-state index contributed by atoms with van der Waals surface area (Å²) in [4.78, 5) is 23.6. The summed E-state index contributed by atoms with van der Waals surface area (Å²) in [7, 11) is 0. The molecule has 1 atom stereocenters. The van der Waals surface area contributed by atoms with Crippen LogP contribution in [0, 0.1) is 0 Å². The minimum atomic E-state index is -1.03. The fourth-order valence-corrected chi connectivity index (χ4v) is 1.53. The first-order chi connectivity index (χ1) is 8.14. The van der Waals surface area contributed by atoms with Crippen LogP contribution in [0.2, 0.25) is 0 Å². The summed E-state index contributed by atoms with van der Waals surface area (Å²) < 4.78 is 10.1. The summed E-state index contributed by atoms with van der Waals surface area (Å²) in [6, 6.07) is 0. The second-order valence-corrected chi connectivity index (χ2v) is 5.43. The number of amides is 1. The average Bonchev–Trinajstić information content (AvgIpc) is 2.14. The summed E-state index contributed by atoms with van der Waals surface area (Å²) in [5.41, 5.74) is -1.63. The second-order valence-electron chi connectivity index (χ2n) is 5.43. The van der Waals surface area contributed by atoms with Gasteiger partial charge in [-0.25, -0.2) is 9.59 Å². The van der Waals surface area contributed by atoms with Gasteiger partial charge < -0.3 is 14.8 Å². The summed E-state index contributed by atoms with van der Waals surface area (Å²) >= 11 is 0. The van der Waals surface area contributed by atoms with E-state index in [1.54, 1.807) is 34.6 Å². The molecule has 5 nitrogen and oxygen atoms in total. The Balaban J connectivity index is 4.70. The van der Waals surface area contributed by atoms with Crippen molar-refractivity contribution >= 4 is 12.1 Å². The molecule has 0 aliphatic rings. The summed E-state index contributed by atoms with van der Waals surface area (Å²) in [6.45, 7) is 10.9. The van der Waals surface area contributed by atoms with Crippen molar-refractivity contribution in [1.82, 2.24) is 5.32 Å². The van der Waals surface area contributed by atoms with E-state index in [4.69, 9.17) is 9.47 Å². The molecule has 5 heteroatoms. The third-order valence-electron chi connectivity index (χ3n) is 2.25. The molecule has 0 aromatic rings. The Morgan fingerprint density at radius 3 is 2.06 bits per heavy atom. The lowest BCUT2D eigenvalue weighted by Crippen LogP contribution is -2.54. The lowest BCUT2D eigenvalue weighted by molar-refractivity contribution is -0.150. The molecule has 0 aromatic carbocycles. The minimum absolute atomic E-state index is 0.286. The van der Waals surface area contributed by atoms with E-state index in [0.717, 1.165) is 6.42 Å². The van der Waals surface area contributed by atoms with E-state index >= 15 is 0 Å². The molecule has 0 rings (SSSR count). The molecule has 1 amide bonds. The smallest absolute Gasteiger partial charge is 0.408 e. The molecular formula is C13H25NO4. The summed E-state index contributed by atoms with van der Waals surface area (Å²) in [5, 5.41) is 2.60. The predicted octanol–water partition coefficient (Wildman–Crippen LogP) is 2.63. The maximum atomic E-state index is 11.9. The molecule has 0 saturated heterocycles. The molecule has 0 heterocycles. The van der Waals surface area contributed by atoms with Crippen LogP contribution in [0.3, 0.4) is 0 Å². The first kappa shape index (κ1) is 16.7. The van der Waals surface area contributed by atoms with E-state index in [2.05, 4.69) is 5.32 Å². The van der Waals surface area contributed by atoms with Crippen LogP contribution in [0.5, 0.6) is 0 Å². The van der Waals surface area contributed by atoms with Crippen molar-refractivity contribution in [2.45, 2.75) is 65.5 Å². The van der Waals surface area contributed by atoms with Gasteiger partial charge in [0.2, 0.25) is 0 Å². The number of hydrogen-bond donors (Lipinski definition) is 1. The van der Waals surface area contributed by atoms with E-state index < -0.39 is 23.2 Å². The number of carbonyl (C=O) groups excluding carboxylic acids is 2. The maximum Gasteiger partial charge on any atom is 0.408 e. The maximum absolute atomic E-state index is 11.9. The highest BCUT2D eigenvalue weighted by Crippen LogP contribution is 2.16. The van der Waals surface area contributed by atoms with Crippen LogP contribution in [0.4, 0.5) is 4.79 Å². The van der Waals surface area contributed by atoms with E-state index in [0.29, 0.717) is 6.42 Å². The van der Waals surface area contributed by atoms with Crippen LogP contribution in [-0.2, 0) is 14.3 Å². The minimum Gasteiger partial charge on any atom is -0.464 e. The second kappa shape index (κ2) is 6.61. The molecule has 18 heavy (non-hydrogen) atoms. The Hall–Kier alpha value is -1.26. The van der Waals surface area contributed by atoms with E-state index in [-0.39, 0.29) is 6.61 Å². The van der Waals surface area contributed by atoms with Crippen molar-refractivity contribution in [2.75, 3.05) is 6.61 Å². The van der Waals surface area contributed by atoms with Gasteiger partial charge in [0, 0.05) is 0 Å². The van der Waals surface area contributed by atoms with Gasteiger partial charge in [0.25, 0.3) is 0 Å². The number of esters is 1. The van der Waals surface area contributed by atoms with Gasteiger partial charge in [-0.05, 0) is 41.0 Å². The molecule has 0 aliphatic carbocycles. The molecule has 0 radical (unpaired) electrons. The quantitative estimate of drug-likeness (QED) is 0.771. The molecule has 0 saturated carbocycles. The molecule has 0 aliphatic heterocycles. The van der Waals surface area contributed by atoms with Crippen molar-refractivity contribution in [1.29, 1.82) is 0 Å². The zero-order valence-corrected chi connectivity index (χ0v) is 12.3. The number of alkyl carbamates (subject to hydrolysis) is 1. The zero-order chi connectivity index (χ0) is 14.4. The Morgan fingerprint density at radius 2 is 1.67 bits per heavy atom. The van der Waals surface area contributed by atoms with Gasteiger partial charge in [-0.2, -0.15) is 0 Å². The van der Waals surface area contributed by atoms with Gasteiger partial charge in [-0.1, -0.05) is 13.3 Å². The zero-order valence-electron chi connectivity index (χ0n) is 12.3. The Labute approximate surface area is 109 Å². The standard InChI is InChI=1S/C13H25NO4/c1-7-9-13(6,10(15)17-8-2)14-11(16)18-12(3,4)5/h7-9H2,1-6H3,(H,14,16). The number of rotatable bonds is 5. The Bertz CT molecular complexity index is 296. The van der Waals surface area contributed by atoms with E-state index in [1.807, 2.05) is 6.92 Å². The van der Waals surface area contributed by atoms with E-state index in [9.17, 15) is 9.59 Å². The third kappa shape index (κ3) is 5.89. The lowest BCUT2D eigenvalue weighted by atomic mass is 9.96. The largest absolute Gasteiger partial charge is 0.464 e. The van der Waals surface area contributed by atoms with Gasteiger partial charge >= 0.3 is 12.1 Å². The molecule has 0 spiro atoms. The van der Waals surface area contributed by atoms with Crippen LogP contribution < -0.4 is 5.32 Å². The van der Waals surface area contributed by atoms with Gasteiger partial charge in [-0.15, -0.1) is 0 Å². The topological polar surface area (TPSA) is 64.6 Å². The fourth-order valence-electron chi connectivity index (χ4n) is 1.53. The number of ether oxygens (including phenoxy) is 2. The van der Waals surface area contributed by atoms with Crippen LogP contribution in [-0.4, -0.2) is 29.8 Å². The third-order valence-corrected chi connectivity index (χ3v) is 2.25. The van der Waals surface area contributed by atoms with Crippen molar-refractivity contribution in [3.05, 3.63) is 0 Å². The van der Waals surface area contributed by atoms with Gasteiger partial charge in [0.1, 0.15) is 11.1 Å². The molecule has 1 unspecified atom stereocenters. The van der Waals surface area contributed by atoms with Crippen LogP contribution in [0.15, 0.2) is 0 Å². The van der Waals surface area contributed by atoms with Gasteiger partial charge in [0.05, 0.1) is 6.61 Å². The molecule has 0 fully saturated rings. The SMILES string of the molecule is CCCC(C)(NC(=O)OC(C)(C)C)C(=O)OCC. The van der Waals surface area contributed by atoms with Crippen LogP contribution >= 0.6 is 0 Å². The average molecular weight is 259 g/mol. The monoisotopic (exact) mass is 259 g/mol. The first-order valence-electron chi connectivity index (χ1n) is 6.33. The van der Waals surface area contributed by atoms with E-state index in [1.165, 1.54) is 0 Å². The molecular weight excluding hydrogens is 234 g/mol. The molecule has 1 N–H and O–H groups in total. The normalized spacial score (nSPS) is 14.6. The predicted molar refractivity (Wildman–Crippen MR) is 69.3 cm³/mol. The number of nitrogens with one attached hydrogen (secondary N) is 1. The summed E-state index contributed by atoms with van der Waals surface area (Å²) in [5.74, 6) is -0.433. The first-order valence-corrected chi connectivity index (χ1v) is 6.33. The van der Waals surface area contributed by atoms with Gasteiger partial charge in [-0.3, -0.25) is 0 Å².